The van der Waals surface area contributed by atoms with Crippen LogP contribution in [0.1, 0.15) is 29.7 Å². The molecule has 0 saturated carbocycles. The van der Waals surface area contributed by atoms with Gasteiger partial charge in [0, 0.05) is 18.0 Å². The van der Waals surface area contributed by atoms with Crippen LogP contribution in [0.25, 0.3) is 0 Å². The largest absolute Gasteiger partial charge is 0.485 e. The van der Waals surface area contributed by atoms with Crippen molar-refractivity contribution >= 4 is 23.2 Å². The van der Waals surface area contributed by atoms with Gasteiger partial charge in [-0.3, -0.25) is 0 Å². The van der Waals surface area contributed by atoms with Crippen molar-refractivity contribution in [3.05, 3.63) is 63.6 Å². The highest BCUT2D eigenvalue weighted by Crippen LogP contribution is 2.40. The van der Waals surface area contributed by atoms with E-state index in [1.165, 1.54) is 0 Å². The molecule has 0 aliphatic carbocycles. The molecule has 0 saturated heterocycles. The van der Waals surface area contributed by atoms with Gasteiger partial charge in [0.2, 0.25) is 0 Å². The molecule has 19 heavy (non-hydrogen) atoms. The summed E-state index contributed by atoms with van der Waals surface area (Å²) in [5.41, 5.74) is 8.26. The van der Waals surface area contributed by atoms with E-state index in [0.717, 1.165) is 23.3 Å². The van der Waals surface area contributed by atoms with E-state index >= 15 is 0 Å². The molecule has 2 aromatic rings. The first-order valence-corrected chi connectivity index (χ1v) is 6.87. The van der Waals surface area contributed by atoms with Crippen molar-refractivity contribution in [2.24, 2.45) is 5.73 Å². The van der Waals surface area contributed by atoms with E-state index in [0.29, 0.717) is 10.0 Å². The number of halogens is 2. The second-order valence-corrected chi connectivity index (χ2v) is 5.47. The average Bonchev–Trinajstić information content (AvgIpc) is 2.42. The molecule has 0 aromatic heterocycles. The minimum atomic E-state index is -0.0836. The molecule has 2 nitrogen and oxygen atoms in total. The van der Waals surface area contributed by atoms with Gasteiger partial charge in [0.15, 0.2) is 0 Å². The fraction of sp³-hybridized carbons (Fsp3) is 0.200. The maximum Gasteiger partial charge on any atom is 0.126 e. The van der Waals surface area contributed by atoms with Crippen LogP contribution < -0.4 is 10.5 Å². The van der Waals surface area contributed by atoms with Crippen LogP contribution in [-0.4, -0.2) is 0 Å². The monoisotopic (exact) mass is 293 g/mol. The van der Waals surface area contributed by atoms with Crippen LogP contribution in [0, 0.1) is 0 Å². The van der Waals surface area contributed by atoms with Crippen LogP contribution in [0.15, 0.2) is 42.5 Å². The number of rotatable bonds is 1. The molecular formula is C15H13Cl2NO. The second kappa shape index (κ2) is 5.04. The molecule has 4 heteroatoms. The first-order valence-electron chi connectivity index (χ1n) is 6.11. The van der Waals surface area contributed by atoms with Crippen molar-refractivity contribution in [3.63, 3.8) is 0 Å². The zero-order valence-corrected chi connectivity index (χ0v) is 11.7. The number of hydrogen-bond acceptors (Lipinski definition) is 2. The van der Waals surface area contributed by atoms with Gasteiger partial charge in [-0.1, -0.05) is 47.5 Å². The number of ether oxygens (including phenoxy) is 1. The summed E-state index contributed by atoms with van der Waals surface area (Å²) in [6.07, 6.45) is 0.647. The Morgan fingerprint density at radius 1 is 1.05 bits per heavy atom. The Morgan fingerprint density at radius 3 is 2.63 bits per heavy atom. The van der Waals surface area contributed by atoms with Gasteiger partial charge in [0.05, 0.1) is 10.0 Å². The summed E-state index contributed by atoms with van der Waals surface area (Å²) in [6.45, 7) is 0. The Morgan fingerprint density at radius 2 is 1.84 bits per heavy atom. The van der Waals surface area contributed by atoms with Crippen LogP contribution in [0.4, 0.5) is 0 Å². The third kappa shape index (κ3) is 2.44. The molecule has 0 radical (unpaired) electrons. The minimum absolute atomic E-state index is 0.0237. The van der Waals surface area contributed by atoms with Crippen molar-refractivity contribution in [1.29, 1.82) is 0 Å². The standard InChI is InChI=1S/C15H13Cl2NO/c16-11-6-5-9(7-12(11)17)15-8-13(18)10-3-1-2-4-14(10)19-15/h1-7,13,15H,8,18H2/t13-,15-/m1/s1. The van der Waals surface area contributed by atoms with E-state index in [9.17, 15) is 0 Å². The van der Waals surface area contributed by atoms with Crippen molar-refractivity contribution < 1.29 is 4.74 Å². The SMILES string of the molecule is N[C@@H]1C[C@H](c2ccc(Cl)c(Cl)c2)Oc2ccccc21. The molecule has 2 N–H and O–H groups in total. The minimum Gasteiger partial charge on any atom is -0.485 e. The Labute approximate surface area is 122 Å². The van der Waals surface area contributed by atoms with Crippen molar-refractivity contribution in [1.82, 2.24) is 0 Å². The number of benzene rings is 2. The molecule has 0 spiro atoms. The molecule has 1 aliphatic rings. The lowest BCUT2D eigenvalue weighted by Crippen LogP contribution is -2.24. The molecule has 2 atom stereocenters. The van der Waals surface area contributed by atoms with Crippen molar-refractivity contribution in [3.8, 4) is 5.75 Å². The molecule has 1 heterocycles. The Bertz CT molecular complexity index is 615. The van der Waals surface area contributed by atoms with Gasteiger partial charge < -0.3 is 10.5 Å². The predicted molar refractivity (Wildman–Crippen MR) is 77.8 cm³/mol. The van der Waals surface area contributed by atoms with Crippen LogP contribution in [0.3, 0.4) is 0 Å². The van der Waals surface area contributed by atoms with E-state index in [1.807, 2.05) is 36.4 Å². The van der Waals surface area contributed by atoms with Gasteiger partial charge in [-0.2, -0.15) is 0 Å². The molecule has 0 bridgehead atoms. The van der Waals surface area contributed by atoms with Gasteiger partial charge in [0.25, 0.3) is 0 Å². The fourth-order valence-corrected chi connectivity index (χ4v) is 2.68. The van der Waals surface area contributed by atoms with Crippen LogP contribution in [-0.2, 0) is 0 Å². The van der Waals surface area contributed by atoms with E-state index in [-0.39, 0.29) is 12.1 Å². The lowest BCUT2D eigenvalue weighted by molar-refractivity contribution is 0.161. The van der Waals surface area contributed by atoms with Crippen molar-refractivity contribution in [2.75, 3.05) is 0 Å². The third-order valence-electron chi connectivity index (χ3n) is 3.37. The number of hydrogen-bond donors (Lipinski definition) is 1. The van der Waals surface area contributed by atoms with Crippen molar-refractivity contribution in [2.45, 2.75) is 18.6 Å². The van der Waals surface area contributed by atoms with Crippen LogP contribution in [0.2, 0.25) is 10.0 Å². The highest BCUT2D eigenvalue weighted by atomic mass is 35.5. The van der Waals surface area contributed by atoms with Gasteiger partial charge in [-0.15, -0.1) is 0 Å². The predicted octanol–water partition coefficient (Wildman–Crippen LogP) is 4.52. The molecular weight excluding hydrogens is 281 g/mol. The average molecular weight is 294 g/mol. The third-order valence-corrected chi connectivity index (χ3v) is 4.11. The zero-order chi connectivity index (χ0) is 13.4. The lowest BCUT2D eigenvalue weighted by atomic mass is 9.94. The summed E-state index contributed by atoms with van der Waals surface area (Å²) >= 11 is 12.0. The van der Waals surface area contributed by atoms with E-state index in [2.05, 4.69) is 0 Å². The van der Waals surface area contributed by atoms with Gasteiger partial charge in [-0.05, 0) is 23.8 Å². The highest BCUT2D eigenvalue weighted by Gasteiger charge is 2.26. The van der Waals surface area contributed by atoms with Crippen LogP contribution in [0.5, 0.6) is 5.75 Å². The molecule has 3 rings (SSSR count). The fourth-order valence-electron chi connectivity index (χ4n) is 2.37. The number of fused-ring (bicyclic) bond motifs is 1. The first kappa shape index (κ1) is 12.8. The molecule has 0 amide bonds. The Hall–Kier alpha value is -1.22. The smallest absolute Gasteiger partial charge is 0.126 e. The second-order valence-electron chi connectivity index (χ2n) is 4.66. The maximum absolute atomic E-state index is 6.20. The summed E-state index contributed by atoms with van der Waals surface area (Å²) in [5, 5.41) is 1.08. The quantitative estimate of drug-likeness (QED) is 0.839. The summed E-state index contributed by atoms with van der Waals surface area (Å²) in [4.78, 5) is 0. The maximum atomic E-state index is 6.20. The molecule has 0 fully saturated rings. The molecule has 0 unspecified atom stereocenters. The normalized spacial score (nSPS) is 21.6. The number of para-hydroxylation sites is 1. The Kier molecular flexibility index (Phi) is 3.40. The van der Waals surface area contributed by atoms with E-state index < -0.39 is 0 Å². The Balaban J connectivity index is 1.94. The van der Waals surface area contributed by atoms with E-state index in [4.69, 9.17) is 33.7 Å². The summed E-state index contributed by atoms with van der Waals surface area (Å²) in [5.74, 6) is 0.845. The lowest BCUT2D eigenvalue weighted by Gasteiger charge is -2.30. The molecule has 1 aliphatic heterocycles. The summed E-state index contributed by atoms with van der Waals surface area (Å²) < 4.78 is 6.00. The topological polar surface area (TPSA) is 35.2 Å². The molecule has 98 valence electrons. The van der Waals surface area contributed by atoms with Gasteiger partial charge in [-0.25, -0.2) is 0 Å². The summed E-state index contributed by atoms with van der Waals surface area (Å²) in [6, 6.07) is 13.4. The van der Waals surface area contributed by atoms with E-state index in [1.54, 1.807) is 6.07 Å². The highest BCUT2D eigenvalue weighted by molar-refractivity contribution is 6.42. The van der Waals surface area contributed by atoms with Gasteiger partial charge in [0.1, 0.15) is 11.9 Å². The zero-order valence-electron chi connectivity index (χ0n) is 10.1. The number of nitrogens with two attached hydrogens (primary N) is 1. The molecule has 2 aromatic carbocycles. The summed E-state index contributed by atoms with van der Waals surface area (Å²) in [7, 11) is 0. The first-order chi connectivity index (χ1) is 9.15. The van der Waals surface area contributed by atoms with Crippen LogP contribution >= 0.6 is 23.2 Å². The van der Waals surface area contributed by atoms with Gasteiger partial charge >= 0.3 is 0 Å².